The van der Waals surface area contributed by atoms with Gasteiger partial charge in [-0.2, -0.15) is 4.98 Å². The van der Waals surface area contributed by atoms with Gasteiger partial charge in [-0.1, -0.05) is 0 Å². The van der Waals surface area contributed by atoms with E-state index in [9.17, 15) is 0 Å². The van der Waals surface area contributed by atoms with Crippen molar-refractivity contribution in [2.75, 3.05) is 44.3 Å². The minimum atomic E-state index is 0.622. The van der Waals surface area contributed by atoms with Crippen LogP contribution in [-0.2, 0) is 4.74 Å². The van der Waals surface area contributed by atoms with Gasteiger partial charge in [0.1, 0.15) is 5.52 Å². The minimum Gasteiger partial charge on any atom is -0.378 e. The molecule has 2 aromatic rings. The quantitative estimate of drug-likeness (QED) is 0.811. The van der Waals surface area contributed by atoms with Crippen LogP contribution in [0.15, 0.2) is 12.5 Å². The van der Waals surface area contributed by atoms with Crippen molar-refractivity contribution in [3.05, 3.63) is 12.5 Å². The maximum Gasteiger partial charge on any atom is 0.227 e. The van der Waals surface area contributed by atoms with Crippen LogP contribution in [0.3, 0.4) is 0 Å². The van der Waals surface area contributed by atoms with Crippen molar-refractivity contribution in [2.45, 2.75) is 6.04 Å². The Kier molecular flexibility index (Phi) is 2.59. The van der Waals surface area contributed by atoms with Crippen molar-refractivity contribution in [1.29, 1.82) is 0 Å². The van der Waals surface area contributed by atoms with E-state index in [1.54, 1.807) is 12.5 Å². The summed E-state index contributed by atoms with van der Waals surface area (Å²) in [6, 6.07) is 0.622. The molecule has 7 heteroatoms. The lowest BCUT2D eigenvalue weighted by atomic mass is 10.2. The van der Waals surface area contributed by atoms with Crippen molar-refractivity contribution >= 4 is 17.1 Å². The zero-order chi connectivity index (χ0) is 12.7. The Balaban J connectivity index is 1.47. The number of ether oxygens (including phenoxy) is 1. The molecule has 0 saturated carbocycles. The van der Waals surface area contributed by atoms with Crippen molar-refractivity contribution in [3.63, 3.8) is 0 Å². The Labute approximate surface area is 110 Å². The molecule has 2 saturated heterocycles. The number of imidazole rings is 1. The number of hydrogen-bond acceptors (Lipinski definition) is 6. The highest BCUT2D eigenvalue weighted by atomic mass is 16.5. The van der Waals surface area contributed by atoms with Gasteiger partial charge in [0, 0.05) is 26.2 Å². The smallest absolute Gasteiger partial charge is 0.227 e. The monoisotopic (exact) mass is 260 g/mol. The Morgan fingerprint density at radius 1 is 1.16 bits per heavy atom. The van der Waals surface area contributed by atoms with E-state index in [1.807, 2.05) is 0 Å². The van der Waals surface area contributed by atoms with Gasteiger partial charge < -0.3 is 14.6 Å². The van der Waals surface area contributed by atoms with Gasteiger partial charge in [-0.05, 0) is 0 Å². The third-order valence-electron chi connectivity index (χ3n) is 3.90. The summed E-state index contributed by atoms with van der Waals surface area (Å²) < 4.78 is 5.25. The number of piperazine rings is 1. The molecule has 100 valence electrons. The van der Waals surface area contributed by atoms with Crippen LogP contribution in [0.4, 0.5) is 5.95 Å². The summed E-state index contributed by atoms with van der Waals surface area (Å²) >= 11 is 0. The number of rotatable bonds is 2. The van der Waals surface area contributed by atoms with E-state index in [1.165, 1.54) is 0 Å². The Morgan fingerprint density at radius 3 is 2.74 bits per heavy atom. The number of anilines is 1. The van der Waals surface area contributed by atoms with Gasteiger partial charge in [0.15, 0.2) is 5.65 Å². The molecular formula is C12H16N6O. The van der Waals surface area contributed by atoms with Gasteiger partial charge >= 0.3 is 0 Å². The molecule has 0 atom stereocenters. The van der Waals surface area contributed by atoms with Crippen LogP contribution in [0.5, 0.6) is 0 Å². The van der Waals surface area contributed by atoms with Gasteiger partial charge in [-0.15, -0.1) is 0 Å². The third kappa shape index (κ3) is 1.95. The van der Waals surface area contributed by atoms with Crippen LogP contribution in [-0.4, -0.2) is 70.3 Å². The molecule has 2 aliphatic rings. The van der Waals surface area contributed by atoms with E-state index in [4.69, 9.17) is 4.74 Å². The number of aromatic nitrogens is 4. The highest BCUT2D eigenvalue weighted by Gasteiger charge is 2.29. The van der Waals surface area contributed by atoms with E-state index < -0.39 is 0 Å². The standard InChI is InChI=1S/C12H16N6O/c1-3-18(4-2-17(1)9-6-19-7-9)12-13-5-10-11(16-12)15-8-14-10/h5,8-9H,1-4,6-7H2,(H,13,14,15,16). The van der Waals surface area contributed by atoms with Crippen LogP contribution in [0, 0.1) is 0 Å². The molecule has 2 fully saturated rings. The van der Waals surface area contributed by atoms with E-state index in [2.05, 4.69) is 29.7 Å². The molecule has 0 amide bonds. The lowest BCUT2D eigenvalue weighted by molar-refractivity contribution is -0.0661. The summed E-state index contributed by atoms with van der Waals surface area (Å²) in [4.78, 5) is 20.8. The van der Waals surface area contributed by atoms with Crippen LogP contribution < -0.4 is 4.90 Å². The molecule has 4 heterocycles. The largest absolute Gasteiger partial charge is 0.378 e. The van der Waals surface area contributed by atoms with Gasteiger partial charge in [0.05, 0.1) is 31.8 Å². The number of fused-ring (bicyclic) bond motifs is 1. The number of hydrogen-bond donors (Lipinski definition) is 1. The van der Waals surface area contributed by atoms with Gasteiger partial charge in [0.2, 0.25) is 5.95 Å². The second kappa shape index (κ2) is 4.43. The maximum atomic E-state index is 5.25. The van der Waals surface area contributed by atoms with Crippen LogP contribution >= 0.6 is 0 Å². The highest BCUT2D eigenvalue weighted by Crippen LogP contribution is 2.17. The summed E-state index contributed by atoms with van der Waals surface area (Å²) in [5, 5.41) is 0. The zero-order valence-electron chi connectivity index (χ0n) is 10.6. The van der Waals surface area contributed by atoms with E-state index in [-0.39, 0.29) is 0 Å². The topological polar surface area (TPSA) is 70.2 Å². The summed E-state index contributed by atoms with van der Waals surface area (Å²) in [7, 11) is 0. The second-order valence-corrected chi connectivity index (χ2v) is 5.02. The average molecular weight is 260 g/mol. The zero-order valence-corrected chi connectivity index (χ0v) is 10.6. The fraction of sp³-hybridized carbons (Fsp3) is 0.583. The van der Waals surface area contributed by atoms with E-state index >= 15 is 0 Å². The summed E-state index contributed by atoms with van der Waals surface area (Å²) in [5.74, 6) is 0.782. The van der Waals surface area contributed by atoms with Crippen LogP contribution in [0.2, 0.25) is 0 Å². The fourth-order valence-corrected chi connectivity index (χ4v) is 2.60. The number of H-pyrrole nitrogens is 1. The normalized spacial score (nSPS) is 21.8. The molecule has 0 bridgehead atoms. The van der Waals surface area contributed by atoms with Crippen LogP contribution in [0.25, 0.3) is 11.2 Å². The molecule has 0 spiro atoms. The molecule has 4 rings (SSSR count). The van der Waals surface area contributed by atoms with E-state index in [0.29, 0.717) is 6.04 Å². The average Bonchev–Trinajstić information content (AvgIpc) is 2.85. The van der Waals surface area contributed by atoms with Gasteiger partial charge in [0.25, 0.3) is 0 Å². The SMILES string of the molecule is c1nc2nc(N3CCN(C4COC4)CC3)ncc2[nH]1. The Morgan fingerprint density at radius 2 is 2.00 bits per heavy atom. The Bertz CT molecular complexity index is 572. The van der Waals surface area contributed by atoms with Gasteiger partial charge in [-0.25, -0.2) is 9.97 Å². The second-order valence-electron chi connectivity index (χ2n) is 5.02. The molecule has 2 aliphatic heterocycles. The fourth-order valence-electron chi connectivity index (χ4n) is 2.60. The minimum absolute atomic E-state index is 0.622. The molecule has 1 N–H and O–H groups in total. The van der Waals surface area contributed by atoms with Crippen molar-refractivity contribution in [2.24, 2.45) is 0 Å². The van der Waals surface area contributed by atoms with Crippen molar-refractivity contribution in [1.82, 2.24) is 24.8 Å². The predicted molar refractivity (Wildman–Crippen MR) is 70.1 cm³/mol. The molecule has 0 unspecified atom stereocenters. The molecule has 2 aromatic heterocycles. The number of nitrogens with one attached hydrogen (secondary N) is 1. The third-order valence-corrected chi connectivity index (χ3v) is 3.90. The lowest BCUT2D eigenvalue weighted by Gasteiger charge is -2.42. The van der Waals surface area contributed by atoms with E-state index in [0.717, 1.165) is 56.5 Å². The number of nitrogens with zero attached hydrogens (tertiary/aromatic N) is 5. The first kappa shape index (κ1) is 11.1. The van der Waals surface area contributed by atoms with Crippen molar-refractivity contribution in [3.8, 4) is 0 Å². The molecular weight excluding hydrogens is 244 g/mol. The maximum absolute atomic E-state index is 5.25. The molecule has 0 radical (unpaired) electrons. The summed E-state index contributed by atoms with van der Waals surface area (Å²) in [6.07, 6.45) is 3.45. The van der Waals surface area contributed by atoms with Crippen molar-refractivity contribution < 1.29 is 4.74 Å². The van der Waals surface area contributed by atoms with Gasteiger partial charge in [-0.3, -0.25) is 4.90 Å². The first-order valence-corrected chi connectivity index (χ1v) is 6.63. The first-order chi connectivity index (χ1) is 9.40. The molecule has 7 nitrogen and oxygen atoms in total. The summed E-state index contributed by atoms with van der Waals surface area (Å²) in [5.41, 5.74) is 1.62. The molecule has 19 heavy (non-hydrogen) atoms. The van der Waals surface area contributed by atoms with Crippen LogP contribution in [0.1, 0.15) is 0 Å². The Hall–Kier alpha value is -1.73. The molecule has 0 aromatic carbocycles. The first-order valence-electron chi connectivity index (χ1n) is 6.63. The predicted octanol–water partition coefficient (Wildman–Crippen LogP) is -0.126. The highest BCUT2D eigenvalue weighted by molar-refractivity contribution is 5.69. The molecule has 0 aliphatic carbocycles. The lowest BCUT2D eigenvalue weighted by Crippen LogP contribution is -2.56. The summed E-state index contributed by atoms with van der Waals surface area (Å²) in [6.45, 7) is 5.80. The number of aromatic amines is 1.